The fraction of sp³-hybridized carbons (Fsp3) is 0.208. The van der Waals surface area contributed by atoms with Gasteiger partial charge in [-0.1, -0.05) is 29.8 Å². The second-order valence-corrected chi connectivity index (χ2v) is 7.30. The first-order valence-electron chi connectivity index (χ1n) is 9.78. The summed E-state index contributed by atoms with van der Waals surface area (Å²) in [5.74, 6) is -0.361. The van der Waals surface area contributed by atoms with Gasteiger partial charge in [-0.3, -0.25) is 0 Å². The van der Waals surface area contributed by atoms with E-state index >= 15 is 0 Å². The van der Waals surface area contributed by atoms with Crippen LogP contribution in [0.15, 0.2) is 54.6 Å². The fourth-order valence-electron chi connectivity index (χ4n) is 3.05. The van der Waals surface area contributed by atoms with E-state index in [0.717, 1.165) is 16.8 Å². The van der Waals surface area contributed by atoms with Gasteiger partial charge in [-0.15, -0.1) is 0 Å². The molecule has 0 heterocycles. The van der Waals surface area contributed by atoms with Crippen molar-refractivity contribution in [1.29, 1.82) is 0 Å². The number of carboxylic acids is 1. The molecule has 0 aromatic heterocycles. The number of aromatic carboxylic acids is 1. The Labute approximate surface area is 185 Å². The molecule has 5 nitrogen and oxygen atoms in total. The number of hydrogen-bond donors (Lipinski definition) is 2. The minimum Gasteiger partial charge on any atom is -0.490 e. The molecule has 31 heavy (non-hydrogen) atoms. The lowest BCUT2D eigenvalue weighted by molar-refractivity contribution is 0.0697. The molecule has 0 unspecified atom stereocenters. The van der Waals surface area contributed by atoms with Gasteiger partial charge in [0.15, 0.2) is 11.5 Å². The summed E-state index contributed by atoms with van der Waals surface area (Å²) < 4.78 is 25.4. The second-order valence-electron chi connectivity index (χ2n) is 6.89. The number of benzene rings is 3. The fourth-order valence-corrected chi connectivity index (χ4v) is 3.27. The molecule has 162 valence electrons. The smallest absolute Gasteiger partial charge is 0.335 e. The number of carboxylic acid groups (broad SMARTS) is 1. The zero-order valence-corrected chi connectivity index (χ0v) is 18.0. The summed E-state index contributed by atoms with van der Waals surface area (Å²) in [5, 5.41) is 12.8. The van der Waals surface area contributed by atoms with E-state index < -0.39 is 5.97 Å². The third-order valence-electron chi connectivity index (χ3n) is 4.70. The molecule has 0 aliphatic carbocycles. The van der Waals surface area contributed by atoms with Crippen LogP contribution in [0.1, 0.15) is 34.0 Å². The second kappa shape index (κ2) is 10.2. The predicted octanol–water partition coefficient (Wildman–Crippen LogP) is 6.08. The molecule has 0 aliphatic rings. The Morgan fingerprint density at radius 2 is 1.81 bits per heavy atom. The first-order chi connectivity index (χ1) is 14.9. The number of aryl methyl sites for hydroxylation is 1. The number of carbonyl (C=O) groups is 1. The molecule has 3 rings (SSSR count). The molecule has 0 fully saturated rings. The SMILES string of the molecule is CCOc1cc(CNc2ccc(C(=O)O)cc2C)c(Cl)cc1OCc1ccccc1F. The van der Waals surface area contributed by atoms with Crippen LogP contribution < -0.4 is 14.8 Å². The average Bonchev–Trinajstić information content (AvgIpc) is 2.74. The summed E-state index contributed by atoms with van der Waals surface area (Å²) >= 11 is 6.46. The zero-order chi connectivity index (χ0) is 22.4. The monoisotopic (exact) mass is 443 g/mol. The van der Waals surface area contributed by atoms with E-state index in [1.165, 1.54) is 6.07 Å². The van der Waals surface area contributed by atoms with Crippen molar-refractivity contribution in [1.82, 2.24) is 0 Å². The lowest BCUT2D eigenvalue weighted by Crippen LogP contribution is -2.06. The highest BCUT2D eigenvalue weighted by atomic mass is 35.5. The molecule has 0 atom stereocenters. The average molecular weight is 444 g/mol. The lowest BCUT2D eigenvalue weighted by atomic mass is 10.1. The van der Waals surface area contributed by atoms with E-state index in [2.05, 4.69) is 5.32 Å². The van der Waals surface area contributed by atoms with Crippen LogP contribution in [-0.4, -0.2) is 17.7 Å². The minimum absolute atomic E-state index is 0.0514. The van der Waals surface area contributed by atoms with Crippen molar-refractivity contribution in [3.05, 3.63) is 87.7 Å². The number of ether oxygens (including phenoxy) is 2. The van der Waals surface area contributed by atoms with Crippen molar-refractivity contribution in [2.75, 3.05) is 11.9 Å². The first-order valence-corrected chi connectivity index (χ1v) is 10.2. The van der Waals surface area contributed by atoms with Gasteiger partial charge >= 0.3 is 5.97 Å². The van der Waals surface area contributed by atoms with Gasteiger partial charge in [0.1, 0.15) is 12.4 Å². The Kier molecular flexibility index (Phi) is 7.36. The van der Waals surface area contributed by atoms with E-state index in [-0.39, 0.29) is 18.0 Å². The van der Waals surface area contributed by atoms with Crippen molar-refractivity contribution in [3.63, 3.8) is 0 Å². The first kappa shape index (κ1) is 22.4. The Balaban J connectivity index is 1.76. The summed E-state index contributed by atoms with van der Waals surface area (Å²) in [4.78, 5) is 11.1. The highest BCUT2D eigenvalue weighted by Crippen LogP contribution is 2.35. The molecule has 0 radical (unpaired) electrons. The zero-order valence-electron chi connectivity index (χ0n) is 17.2. The molecule has 3 aromatic carbocycles. The maximum atomic E-state index is 13.9. The van der Waals surface area contributed by atoms with Gasteiger partial charge in [0, 0.05) is 28.9 Å². The van der Waals surface area contributed by atoms with Crippen LogP contribution in [0.4, 0.5) is 10.1 Å². The van der Waals surface area contributed by atoms with Gasteiger partial charge < -0.3 is 19.9 Å². The van der Waals surface area contributed by atoms with Crippen LogP contribution >= 0.6 is 11.6 Å². The van der Waals surface area contributed by atoms with Crippen LogP contribution in [0.3, 0.4) is 0 Å². The summed E-state index contributed by atoms with van der Waals surface area (Å²) in [5.41, 5.74) is 3.07. The van der Waals surface area contributed by atoms with Crippen molar-refractivity contribution >= 4 is 23.3 Å². The quantitative estimate of drug-likeness (QED) is 0.419. The summed E-state index contributed by atoms with van der Waals surface area (Å²) in [6.45, 7) is 4.58. The Bertz CT molecular complexity index is 1090. The van der Waals surface area contributed by atoms with E-state index in [4.69, 9.17) is 26.2 Å². The molecular formula is C24H23ClFNO4. The lowest BCUT2D eigenvalue weighted by Gasteiger charge is -2.16. The molecule has 0 bridgehead atoms. The number of halogens is 2. The van der Waals surface area contributed by atoms with Gasteiger partial charge in [0.2, 0.25) is 0 Å². The van der Waals surface area contributed by atoms with Gasteiger partial charge in [0.05, 0.1) is 12.2 Å². The van der Waals surface area contributed by atoms with Gasteiger partial charge in [-0.2, -0.15) is 0 Å². The molecule has 2 N–H and O–H groups in total. The Morgan fingerprint density at radius 1 is 1.06 bits per heavy atom. The minimum atomic E-state index is -0.968. The molecule has 0 aliphatic heterocycles. The maximum absolute atomic E-state index is 13.9. The summed E-state index contributed by atoms with van der Waals surface area (Å²) in [6.07, 6.45) is 0. The van der Waals surface area contributed by atoms with Crippen LogP contribution in [0.5, 0.6) is 11.5 Å². The van der Waals surface area contributed by atoms with E-state index in [1.54, 1.807) is 48.5 Å². The maximum Gasteiger partial charge on any atom is 0.335 e. The van der Waals surface area contributed by atoms with E-state index in [1.807, 2.05) is 13.8 Å². The molecular weight excluding hydrogens is 421 g/mol. The highest BCUT2D eigenvalue weighted by molar-refractivity contribution is 6.31. The predicted molar refractivity (Wildman–Crippen MR) is 119 cm³/mol. The third-order valence-corrected chi connectivity index (χ3v) is 5.05. The topological polar surface area (TPSA) is 67.8 Å². The van der Waals surface area contributed by atoms with Gasteiger partial charge in [-0.25, -0.2) is 9.18 Å². The standard InChI is InChI=1S/C24H23ClFNO4/c1-3-30-22-11-18(13-27-21-9-8-16(24(28)29)10-15(21)2)19(25)12-23(22)31-14-17-6-4-5-7-20(17)26/h4-12,27H,3,13-14H2,1-2H3,(H,28,29). The van der Waals surface area contributed by atoms with Crippen molar-refractivity contribution in [2.24, 2.45) is 0 Å². The number of rotatable bonds is 9. The van der Waals surface area contributed by atoms with Crippen molar-refractivity contribution in [3.8, 4) is 11.5 Å². The Morgan fingerprint density at radius 3 is 2.48 bits per heavy atom. The van der Waals surface area contributed by atoms with E-state index in [9.17, 15) is 9.18 Å². The molecule has 0 saturated heterocycles. The largest absolute Gasteiger partial charge is 0.490 e. The van der Waals surface area contributed by atoms with Crippen LogP contribution in [0.25, 0.3) is 0 Å². The van der Waals surface area contributed by atoms with E-state index in [0.29, 0.717) is 35.2 Å². The molecule has 0 amide bonds. The molecule has 7 heteroatoms. The van der Waals surface area contributed by atoms with Crippen molar-refractivity contribution in [2.45, 2.75) is 27.0 Å². The molecule has 3 aromatic rings. The molecule has 0 saturated carbocycles. The summed E-state index contributed by atoms with van der Waals surface area (Å²) in [6, 6.07) is 14.7. The Hall–Kier alpha value is -3.25. The van der Waals surface area contributed by atoms with Gasteiger partial charge in [0.25, 0.3) is 0 Å². The number of hydrogen-bond acceptors (Lipinski definition) is 4. The van der Waals surface area contributed by atoms with Crippen LogP contribution in [0, 0.1) is 12.7 Å². The van der Waals surface area contributed by atoms with Gasteiger partial charge in [-0.05, 0) is 55.3 Å². The van der Waals surface area contributed by atoms with Crippen LogP contribution in [-0.2, 0) is 13.2 Å². The highest BCUT2D eigenvalue weighted by Gasteiger charge is 2.13. The molecule has 0 spiro atoms. The van der Waals surface area contributed by atoms with Crippen molar-refractivity contribution < 1.29 is 23.8 Å². The summed E-state index contributed by atoms with van der Waals surface area (Å²) in [7, 11) is 0. The number of nitrogens with one attached hydrogen (secondary N) is 1. The number of anilines is 1. The third kappa shape index (κ3) is 5.67. The van der Waals surface area contributed by atoms with Crippen LogP contribution in [0.2, 0.25) is 5.02 Å². The normalized spacial score (nSPS) is 10.6.